The molecule has 0 aromatic heterocycles. The van der Waals surface area contributed by atoms with E-state index in [1.54, 1.807) is 0 Å². The van der Waals surface area contributed by atoms with Gasteiger partial charge in [-0.15, -0.1) is 0 Å². The van der Waals surface area contributed by atoms with E-state index in [1.165, 1.54) is 25.7 Å². The third-order valence-electron chi connectivity index (χ3n) is 3.59. The SMILES string of the molecule is CC1(C)CCCN(CC(C#N)NC2CC2)C1. The van der Waals surface area contributed by atoms with Crippen LogP contribution >= 0.6 is 0 Å². The number of hydrogen-bond acceptors (Lipinski definition) is 3. The van der Waals surface area contributed by atoms with E-state index in [0.717, 1.165) is 19.6 Å². The third-order valence-corrected chi connectivity index (χ3v) is 3.59. The van der Waals surface area contributed by atoms with Crippen molar-refractivity contribution in [3.05, 3.63) is 0 Å². The minimum atomic E-state index is 0.0291. The van der Waals surface area contributed by atoms with E-state index in [-0.39, 0.29) is 6.04 Å². The van der Waals surface area contributed by atoms with Crippen LogP contribution in [0.2, 0.25) is 0 Å². The molecular formula is C13H23N3. The van der Waals surface area contributed by atoms with Gasteiger partial charge in [-0.05, 0) is 37.6 Å². The minimum absolute atomic E-state index is 0.0291. The van der Waals surface area contributed by atoms with Crippen LogP contribution in [0.3, 0.4) is 0 Å². The number of piperidine rings is 1. The zero-order valence-electron chi connectivity index (χ0n) is 10.5. The molecule has 1 aliphatic heterocycles. The van der Waals surface area contributed by atoms with Crippen molar-refractivity contribution >= 4 is 0 Å². The average Bonchev–Trinajstić information content (AvgIpc) is 2.99. The fraction of sp³-hybridized carbons (Fsp3) is 0.923. The molecule has 3 nitrogen and oxygen atoms in total. The van der Waals surface area contributed by atoms with E-state index in [2.05, 4.69) is 30.1 Å². The molecular weight excluding hydrogens is 198 g/mol. The summed E-state index contributed by atoms with van der Waals surface area (Å²) < 4.78 is 0. The number of likely N-dealkylation sites (tertiary alicyclic amines) is 1. The van der Waals surface area contributed by atoms with E-state index in [4.69, 9.17) is 5.26 Å². The summed E-state index contributed by atoms with van der Waals surface area (Å²) in [5.41, 5.74) is 0.428. The lowest BCUT2D eigenvalue weighted by molar-refractivity contribution is 0.113. The van der Waals surface area contributed by atoms with Gasteiger partial charge in [0.1, 0.15) is 6.04 Å². The normalized spacial score (nSPS) is 27.3. The maximum atomic E-state index is 9.12. The standard InChI is InChI=1S/C13H23N3/c1-13(2)6-3-7-16(10-13)9-12(8-14)15-11-4-5-11/h11-12,15H,3-7,9-10H2,1-2H3. The predicted octanol–water partition coefficient (Wildman–Crippen LogP) is 1.75. The maximum absolute atomic E-state index is 9.12. The summed E-state index contributed by atoms with van der Waals surface area (Å²) >= 11 is 0. The fourth-order valence-corrected chi connectivity index (χ4v) is 2.62. The zero-order valence-corrected chi connectivity index (χ0v) is 10.5. The molecule has 16 heavy (non-hydrogen) atoms. The largest absolute Gasteiger partial charge is 0.300 e. The molecule has 3 heteroatoms. The Morgan fingerprint density at radius 3 is 2.81 bits per heavy atom. The predicted molar refractivity (Wildman–Crippen MR) is 65.0 cm³/mol. The molecule has 0 amide bonds. The van der Waals surface area contributed by atoms with Crippen LogP contribution in [0.15, 0.2) is 0 Å². The second-order valence-electron chi connectivity index (χ2n) is 6.13. The molecule has 1 unspecified atom stereocenters. The molecule has 1 saturated heterocycles. The number of nitrogens with zero attached hydrogens (tertiary/aromatic N) is 2. The quantitative estimate of drug-likeness (QED) is 0.786. The summed E-state index contributed by atoms with van der Waals surface area (Å²) in [5.74, 6) is 0. The second-order valence-corrected chi connectivity index (χ2v) is 6.13. The average molecular weight is 221 g/mol. The molecule has 2 fully saturated rings. The summed E-state index contributed by atoms with van der Waals surface area (Å²) in [4.78, 5) is 2.45. The molecule has 0 radical (unpaired) electrons. The van der Waals surface area contributed by atoms with Crippen molar-refractivity contribution < 1.29 is 0 Å². The molecule has 2 rings (SSSR count). The van der Waals surface area contributed by atoms with Gasteiger partial charge < -0.3 is 4.90 Å². The van der Waals surface area contributed by atoms with Crippen LogP contribution in [0.4, 0.5) is 0 Å². The van der Waals surface area contributed by atoms with Gasteiger partial charge in [0, 0.05) is 19.1 Å². The molecule has 1 saturated carbocycles. The van der Waals surface area contributed by atoms with E-state index < -0.39 is 0 Å². The first-order valence-corrected chi connectivity index (χ1v) is 6.47. The molecule has 1 atom stereocenters. The Balaban J connectivity index is 1.80. The highest BCUT2D eigenvalue weighted by atomic mass is 15.2. The lowest BCUT2D eigenvalue weighted by atomic mass is 9.84. The van der Waals surface area contributed by atoms with Gasteiger partial charge in [-0.3, -0.25) is 5.32 Å². The van der Waals surface area contributed by atoms with Crippen LogP contribution in [-0.2, 0) is 0 Å². The first-order valence-electron chi connectivity index (χ1n) is 6.47. The molecule has 1 N–H and O–H groups in total. The van der Waals surface area contributed by atoms with Crippen molar-refractivity contribution in [2.75, 3.05) is 19.6 Å². The number of rotatable bonds is 4. The van der Waals surface area contributed by atoms with Crippen LogP contribution in [-0.4, -0.2) is 36.6 Å². The molecule has 0 aromatic carbocycles. The highest BCUT2D eigenvalue weighted by Gasteiger charge is 2.29. The molecule has 90 valence electrons. The molecule has 2 aliphatic rings. The van der Waals surface area contributed by atoms with Crippen molar-refractivity contribution in [1.29, 1.82) is 5.26 Å². The van der Waals surface area contributed by atoms with E-state index in [9.17, 15) is 0 Å². The first-order chi connectivity index (χ1) is 7.59. The monoisotopic (exact) mass is 221 g/mol. The highest BCUT2D eigenvalue weighted by Crippen LogP contribution is 2.28. The maximum Gasteiger partial charge on any atom is 0.108 e. The van der Waals surface area contributed by atoms with Gasteiger partial charge >= 0.3 is 0 Å². The van der Waals surface area contributed by atoms with Gasteiger partial charge in [-0.1, -0.05) is 13.8 Å². The Morgan fingerprint density at radius 2 is 2.25 bits per heavy atom. The van der Waals surface area contributed by atoms with Gasteiger partial charge in [0.05, 0.1) is 6.07 Å². The fourth-order valence-electron chi connectivity index (χ4n) is 2.62. The summed E-state index contributed by atoms with van der Waals surface area (Å²) in [5, 5.41) is 12.5. The summed E-state index contributed by atoms with van der Waals surface area (Å²) in [6, 6.07) is 3.05. The van der Waals surface area contributed by atoms with Crippen molar-refractivity contribution in [1.82, 2.24) is 10.2 Å². The van der Waals surface area contributed by atoms with Gasteiger partial charge in [0.2, 0.25) is 0 Å². The Hall–Kier alpha value is -0.590. The Labute approximate surface area is 98.8 Å². The smallest absolute Gasteiger partial charge is 0.108 e. The molecule has 0 bridgehead atoms. The van der Waals surface area contributed by atoms with Crippen LogP contribution in [0.25, 0.3) is 0 Å². The second kappa shape index (κ2) is 4.73. The highest BCUT2D eigenvalue weighted by molar-refractivity contribution is 4.98. The summed E-state index contributed by atoms with van der Waals surface area (Å²) in [6.45, 7) is 7.85. The van der Waals surface area contributed by atoms with Crippen molar-refractivity contribution in [3.8, 4) is 6.07 Å². The molecule has 1 aliphatic carbocycles. The lowest BCUT2D eigenvalue weighted by Crippen LogP contribution is -2.47. The summed E-state index contributed by atoms with van der Waals surface area (Å²) in [7, 11) is 0. The lowest BCUT2D eigenvalue weighted by Gasteiger charge is -2.38. The number of nitrogens with one attached hydrogen (secondary N) is 1. The zero-order chi connectivity index (χ0) is 11.6. The van der Waals surface area contributed by atoms with Crippen LogP contribution in [0.5, 0.6) is 0 Å². The van der Waals surface area contributed by atoms with Crippen LogP contribution in [0, 0.1) is 16.7 Å². The van der Waals surface area contributed by atoms with Gasteiger partial charge in [-0.2, -0.15) is 5.26 Å². The third kappa shape index (κ3) is 3.47. The molecule has 1 heterocycles. The Morgan fingerprint density at radius 1 is 1.50 bits per heavy atom. The van der Waals surface area contributed by atoms with Gasteiger partial charge in [0.15, 0.2) is 0 Å². The van der Waals surface area contributed by atoms with E-state index in [1.807, 2.05) is 0 Å². The van der Waals surface area contributed by atoms with Crippen molar-refractivity contribution in [2.45, 2.75) is 51.6 Å². The minimum Gasteiger partial charge on any atom is -0.300 e. The first kappa shape index (κ1) is 11.9. The van der Waals surface area contributed by atoms with Crippen LogP contribution in [0.1, 0.15) is 39.5 Å². The Kier molecular flexibility index (Phi) is 3.51. The number of nitriles is 1. The van der Waals surface area contributed by atoms with Crippen LogP contribution < -0.4 is 5.32 Å². The van der Waals surface area contributed by atoms with Gasteiger partial charge in [0.25, 0.3) is 0 Å². The van der Waals surface area contributed by atoms with Gasteiger partial charge in [-0.25, -0.2) is 0 Å². The Bertz CT molecular complexity index is 275. The van der Waals surface area contributed by atoms with E-state index in [0.29, 0.717) is 11.5 Å². The van der Waals surface area contributed by atoms with E-state index >= 15 is 0 Å². The summed E-state index contributed by atoms with van der Waals surface area (Å²) in [6.07, 6.45) is 5.10. The van der Waals surface area contributed by atoms with Crippen molar-refractivity contribution in [3.63, 3.8) is 0 Å². The molecule has 0 spiro atoms. The molecule has 0 aromatic rings. The van der Waals surface area contributed by atoms with Crippen molar-refractivity contribution in [2.24, 2.45) is 5.41 Å². The number of hydrogen-bond donors (Lipinski definition) is 1. The topological polar surface area (TPSA) is 39.1 Å².